The van der Waals surface area contributed by atoms with Crippen LogP contribution < -0.4 is 15.4 Å². The summed E-state index contributed by atoms with van der Waals surface area (Å²) in [7, 11) is -3.41. The van der Waals surface area contributed by atoms with Crippen LogP contribution in [0.2, 0.25) is 0 Å². The number of halogens is 1. The average molecular weight is 569 g/mol. The molecule has 6 nitrogen and oxygen atoms in total. The molecule has 8 heteroatoms. The molecule has 0 amide bonds. The molecule has 174 valence electrons. The molecule has 2 aromatic rings. The number of benzene rings is 2. The Morgan fingerprint density at radius 1 is 1.03 bits per heavy atom. The van der Waals surface area contributed by atoms with Gasteiger partial charge in [-0.1, -0.05) is 48.9 Å². The van der Waals surface area contributed by atoms with Crippen molar-refractivity contribution in [3.8, 4) is 0 Å². The van der Waals surface area contributed by atoms with Crippen LogP contribution in [0.5, 0.6) is 0 Å². The van der Waals surface area contributed by atoms with E-state index in [0.717, 1.165) is 37.5 Å². The lowest BCUT2D eigenvalue weighted by atomic mass is 9.64. The Kier molecular flexibility index (Phi) is 8.57. The van der Waals surface area contributed by atoms with E-state index in [4.69, 9.17) is 4.99 Å². The number of sulfonamides is 1. The van der Waals surface area contributed by atoms with Gasteiger partial charge in [0.05, 0.1) is 11.4 Å². The molecule has 2 aromatic carbocycles. The third-order valence-electron chi connectivity index (χ3n) is 6.19. The first-order valence-electron chi connectivity index (χ1n) is 11.2. The Bertz CT molecular complexity index is 1000. The van der Waals surface area contributed by atoms with Gasteiger partial charge in [0, 0.05) is 24.5 Å². The highest BCUT2D eigenvalue weighted by Gasteiger charge is 2.38. The van der Waals surface area contributed by atoms with E-state index in [2.05, 4.69) is 52.6 Å². The molecule has 4 rings (SSSR count). The topological polar surface area (TPSA) is 82.6 Å². The fourth-order valence-corrected chi connectivity index (χ4v) is 5.30. The van der Waals surface area contributed by atoms with Crippen LogP contribution in [0.25, 0.3) is 0 Å². The molecule has 2 saturated carbocycles. The summed E-state index contributed by atoms with van der Waals surface area (Å²) in [6, 6.07) is 17.8. The molecule has 0 spiro atoms. The van der Waals surface area contributed by atoms with Gasteiger partial charge >= 0.3 is 0 Å². The number of rotatable bonds is 9. The zero-order valence-electron chi connectivity index (χ0n) is 18.5. The molecule has 0 bridgehead atoms. The van der Waals surface area contributed by atoms with Gasteiger partial charge in [0.25, 0.3) is 0 Å². The predicted molar refractivity (Wildman–Crippen MR) is 140 cm³/mol. The second-order valence-corrected chi connectivity index (χ2v) is 10.3. The molecule has 0 radical (unpaired) electrons. The minimum atomic E-state index is -3.41. The Labute approximate surface area is 208 Å². The fourth-order valence-electron chi connectivity index (χ4n) is 3.99. The monoisotopic (exact) mass is 568 g/mol. The van der Waals surface area contributed by atoms with Gasteiger partial charge < -0.3 is 10.6 Å². The van der Waals surface area contributed by atoms with Crippen LogP contribution >= 0.6 is 24.0 Å². The normalized spacial score (nSPS) is 17.7. The molecular formula is C24H33IN4O2S. The maximum absolute atomic E-state index is 12.3. The summed E-state index contributed by atoms with van der Waals surface area (Å²) in [5, 5.41) is 6.85. The van der Waals surface area contributed by atoms with Gasteiger partial charge in [0.2, 0.25) is 10.0 Å². The van der Waals surface area contributed by atoms with Gasteiger partial charge in [0.1, 0.15) is 0 Å². The van der Waals surface area contributed by atoms with E-state index in [0.29, 0.717) is 11.4 Å². The molecule has 3 N–H and O–H groups in total. The molecule has 32 heavy (non-hydrogen) atoms. The summed E-state index contributed by atoms with van der Waals surface area (Å²) in [4.78, 5) is 5.03. The minimum absolute atomic E-state index is 0. The standard InChI is InChI=1S/C24H32N4O2S.HI/c1-2-25-23(27-18-24(15-6-16-24)20-7-4-3-5-8-20)26-17-19-9-13-22(14-10-19)31(29,30)28-21-11-12-21;/h3-5,7-10,13-14,21,28H,2,6,11-12,15-18H2,1H3,(H2,25,26,27);1H. The van der Waals surface area contributed by atoms with Gasteiger partial charge in [-0.05, 0) is 55.9 Å². The number of aliphatic imine (C=N–C) groups is 1. The lowest BCUT2D eigenvalue weighted by Gasteiger charge is -2.43. The van der Waals surface area contributed by atoms with E-state index in [9.17, 15) is 8.42 Å². The molecule has 2 aliphatic rings. The van der Waals surface area contributed by atoms with Crippen LogP contribution in [0, 0.1) is 0 Å². The maximum Gasteiger partial charge on any atom is 0.240 e. The van der Waals surface area contributed by atoms with Crippen molar-refractivity contribution in [1.82, 2.24) is 15.4 Å². The lowest BCUT2D eigenvalue weighted by Crippen LogP contribution is -2.48. The smallest absolute Gasteiger partial charge is 0.240 e. The van der Waals surface area contributed by atoms with E-state index in [1.807, 2.05) is 12.1 Å². The Hall–Kier alpha value is -1.65. The Balaban J connectivity index is 0.00000289. The van der Waals surface area contributed by atoms with Gasteiger partial charge in [-0.25, -0.2) is 18.1 Å². The molecule has 0 atom stereocenters. The van der Waals surface area contributed by atoms with Crippen molar-refractivity contribution >= 4 is 40.0 Å². The molecule has 0 saturated heterocycles. The number of guanidine groups is 1. The van der Waals surface area contributed by atoms with Crippen LogP contribution in [0.4, 0.5) is 0 Å². The first-order valence-corrected chi connectivity index (χ1v) is 12.7. The van der Waals surface area contributed by atoms with Crippen molar-refractivity contribution < 1.29 is 8.42 Å². The zero-order chi connectivity index (χ0) is 21.7. The van der Waals surface area contributed by atoms with Gasteiger partial charge in [-0.2, -0.15) is 0 Å². The molecule has 2 aliphatic carbocycles. The molecule has 0 heterocycles. The van der Waals surface area contributed by atoms with Crippen LogP contribution in [0.15, 0.2) is 64.5 Å². The summed E-state index contributed by atoms with van der Waals surface area (Å²) in [5.41, 5.74) is 2.55. The van der Waals surface area contributed by atoms with E-state index >= 15 is 0 Å². The first-order chi connectivity index (χ1) is 15.0. The zero-order valence-corrected chi connectivity index (χ0v) is 21.7. The molecule has 2 fully saturated rings. The van der Waals surface area contributed by atoms with Crippen LogP contribution in [-0.2, 0) is 22.0 Å². The van der Waals surface area contributed by atoms with Crippen molar-refractivity contribution in [2.24, 2.45) is 4.99 Å². The fraction of sp³-hybridized carbons (Fsp3) is 0.458. The van der Waals surface area contributed by atoms with E-state index < -0.39 is 10.0 Å². The SMILES string of the molecule is CCNC(=NCc1ccc(S(=O)(=O)NC2CC2)cc1)NCC1(c2ccccc2)CCC1.I. The summed E-state index contributed by atoms with van der Waals surface area (Å²) in [6.07, 6.45) is 5.49. The van der Waals surface area contributed by atoms with Crippen LogP contribution in [-0.4, -0.2) is 33.5 Å². The van der Waals surface area contributed by atoms with Crippen molar-refractivity contribution in [2.75, 3.05) is 13.1 Å². The summed E-state index contributed by atoms with van der Waals surface area (Å²) in [5.74, 6) is 0.789. The second kappa shape index (κ2) is 11.0. The van der Waals surface area contributed by atoms with Gasteiger partial charge in [0.15, 0.2) is 5.96 Å². The number of nitrogens with one attached hydrogen (secondary N) is 3. The van der Waals surface area contributed by atoms with E-state index in [-0.39, 0.29) is 35.4 Å². The van der Waals surface area contributed by atoms with Crippen molar-refractivity contribution in [3.05, 3.63) is 65.7 Å². The van der Waals surface area contributed by atoms with Crippen molar-refractivity contribution in [3.63, 3.8) is 0 Å². The van der Waals surface area contributed by atoms with E-state index in [1.165, 1.54) is 24.8 Å². The largest absolute Gasteiger partial charge is 0.357 e. The number of hydrogen-bond donors (Lipinski definition) is 3. The summed E-state index contributed by atoms with van der Waals surface area (Å²) in [6.45, 7) is 4.19. The number of nitrogens with zero attached hydrogens (tertiary/aromatic N) is 1. The third-order valence-corrected chi connectivity index (χ3v) is 7.72. The minimum Gasteiger partial charge on any atom is -0.357 e. The van der Waals surface area contributed by atoms with Gasteiger partial charge in [-0.15, -0.1) is 24.0 Å². The Morgan fingerprint density at radius 3 is 2.28 bits per heavy atom. The lowest BCUT2D eigenvalue weighted by molar-refractivity contribution is 0.244. The van der Waals surface area contributed by atoms with Crippen LogP contribution in [0.3, 0.4) is 0 Å². The quantitative estimate of drug-likeness (QED) is 0.243. The third kappa shape index (κ3) is 6.23. The summed E-state index contributed by atoms with van der Waals surface area (Å²) >= 11 is 0. The molecular weight excluding hydrogens is 535 g/mol. The van der Waals surface area contributed by atoms with E-state index in [1.54, 1.807) is 12.1 Å². The highest BCUT2D eigenvalue weighted by molar-refractivity contribution is 14.0. The molecule has 0 aromatic heterocycles. The van der Waals surface area contributed by atoms with Crippen molar-refractivity contribution in [2.45, 2.75) is 61.9 Å². The number of hydrogen-bond acceptors (Lipinski definition) is 3. The molecule has 0 unspecified atom stereocenters. The maximum atomic E-state index is 12.3. The second-order valence-electron chi connectivity index (χ2n) is 8.59. The summed E-state index contributed by atoms with van der Waals surface area (Å²) < 4.78 is 27.3. The van der Waals surface area contributed by atoms with Crippen LogP contribution in [0.1, 0.15) is 50.2 Å². The molecule has 0 aliphatic heterocycles. The van der Waals surface area contributed by atoms with Crippen molar-refractivity contribution in [1.29, 1.82) is 0 Å². The highest BCUT2D eigenvalue weighted by atomic mass is 127. The van der Waals surface area contributed by atoms with Gasteiger partial charge in [-0.3, -0.25) is 0 Å². The predicted octanol–water partition coefficient (Wildman–Crippen LogP) is 3.92. The highest BCUT2D eigenvalue weighted by Crippen LogP contribution is 2.43. The Morgan fingerprint density at radius 2 is 1.72 bits per heavy atom. The first kappa shape index (κ1) is 25.0. The average Bonchev–Trinajstić information content (AvgIpc) is 3.55.